The molecule has 0 aliphatic carbocycles. The Kier molecular flexibility index (Phi) is 5.26. The van der Waals surface area contributed by atoms with Crippen LogP contribution in [0.4, 0.5) is 20.3 Å². The van der Waals surface area contributed by atoms with E-state index < -0.39 is 17.2 Å². The lowest BCUT2D eigenvalue weighted by molar-refractivity contribution is 0.102. The van der Waals surface area contributed by atoms with Gasteiger partial charge >= 0.3 is 0 Å². The van der Waals surface area contributed by atoms with Crippen molar-refractivity contribution in [1.29, 1.82) is 0 Å². The lowest BCUT2D eigenvalue weighted by atomic mass is 10.00. The van der Waals surface area contributed by atoms with Gasteiger partial charge in [-0.25, -0.2) is 8.78 Å². The highest BCUT2D eigenvalue weighted by molar-refractivity contribution is 6.04. The van der Waals surface area contributed by atoms with E-state index in [1.54, 1.807) is 12.1 Å². The van der Waals surface area contributed by atoms with Gasteiger partial charge < -0.3 is 10.2 Å². The van der Waals surface area contributed by atoms with Gasteiger partial charge in [-0.2, -0.15) is 5.10 Å². The molecule has 6 nitrogen and oxygen atoms in total. The number of aromatic nitrogens is 2. The van der Waals surface area contributed by atoms with Crippen LogP contribution in [0.3, 0.4) is 0 Å². The largest absolute Gasteiger partial charge is 0.378 e. The lowest BCUT2D eigenvalue weighted by Crippen LogP contribution is -2.35. The average molecular weight is 425 g/mol. The number of amides is 1. The number of anilines is 2. The zero-order valence-corrected chi connectivity index (χ0v) is 18.0. The second kappa shape index (κ2) is 7.77. The first kappa shape index (κ1) is 21.0. The van der Waals surface area contributed by atoms with Crippen molar-refractivity contribution in [2.24, 2.45) is 0 Å². The Morgan fingerprint density at radius 1 is 1.23 bits per heavy atom. The molecule has 3 aromatic rings. The monoisotopic (exact) mass is 425 g/mol. The molecule has 0 saturated carbocycles. The fourth-order valence-electron chi connectivity index (χ4n) is 3.91. The van der Waals surface area contributed by atoms with Crippen LogP contribution in [0.1, 0.15) is 41.0 Å². The fraction of sp³-hybridized carbons (Fsp3) is 0.304. The second-order valence-electron chi connectivity index (χ2n) is 8.45. The number of aromatic amines is 1. The summed E-state index contributed by atoms with van der Waals surface area (Å²) in [6, 6.07) is 11.5. The topological polar surface area (TPSA) is 64.3 Å². The number of fused-ring (bicyclic) bond motifs is 1. The third kappa shape index (κ3) is 3.79. The van der Waals surface area contributed by atoms with Crippen molar-refractivity contribution in [3.05, 3.63) is 76.5 Å². The maximum atomic E-state index is 14.2. The lowest BCUT2D eigenvalue weighted by Gasteiger charge is -2.31. The zero-order valence-electron chi connectivity index (χ0n) is 18.0. The molecule has 8 heteroatoms. The summed E-state index contributed by atoms with van der Waals surface area (Å²) in [4.78, 5) is 16.8. The van der Waals surface area contributed by atoms with Crippen LogP contribution in [0.15, 0.2) is 42.5 Å². The highest BCUT2D eigenvalue weighted by atomic mass is 19.2. The Morgan fingerprint density at radius 3 is 2.71 bits per heavy atom. The van der Waals surface area contributed by atoms with Crippen molar-refractivity contribution in [2.45, 2.75) is 32.5 Å². The zero-order chi connectivity index (χ0) is 22.3. The quantitative estimate of drug-likeness (QED) is 0.641. The molecule has 1 aliphatic heterocycles. The molecular formula is C23H25F2N5O. The van der Waals surface area contributed by atoms with E-state index >= 15 is 0 Å². The predicted octanol–water partition coefficient (Wildman–Crippen LogP) is 4.26. The molecule has 2 heterocycles. The van der Waals surface area contributed by atoms with Gasteiger partial charge in [0.15, 0.2) is 17.5 Å². The Balaban J connectivity index is 1.56. The molecule has 1 aromatic heterocycles. The Labute approximate surface area is 179 Å². The summed E-state index contributed by atoms with van der Waals surface area (Å²) in [5, 5.41) is 10.2. The number of nitrogens with zero attached hydrogens (tertiary/aromatic N) is 3. The first-order valence-electron chi connectivity index (χ1n) is 10.0. The number of hydrogen-bond donors (Lipinski definition) is 2. The molecule has 0 fully saturated rings. The van der Waals surface area contributed by atoms with Gasteiger partial charge in [-0.3, -0.25) is 14.8 Å². The van der Waals surface area contributed by atoms with E-state index in [0.29, 0.717) is 17.9 Å². The van der Waals surface area contributed by atoms with Crippen molar-refractivity contribution in [3.63, 3.8) is 0 Å². The minimum absolute atomic E-state index is 0.234. The van der Waals surface area contributed by atoms with Gasteiger partial charge in [0.25, 0.3) is 5.91 Å². The number of nitrogens with one attached hydrogen (secondary N) is 2. The first-order valence-corrected chi connectivity index (χ1v) is 10.0. The Bertz CT molecular complexity index is 1140. The average Bonchev–Trinajstić information content (AvgIpc) is 3.24. The van der Waals surface area contributed by atoms with Gasteiger partial charge in [0.05, 0.1) is 11.2 Å². The van der Waals surface area contributed by atoms with Crippen LogP contribution >= 0.6 is 0 Å². The standard InChI is InChI=1S/C23H25F2N5O/c1-23(2)20-17(13-30(23)12-15-8-6-10-18(24)19(15)25)21(28-27-20)26-22(31)14-7-5-9-16(11-14)29(3)4/h5-11H,12-13H2,1-4H3,(H2,26,27,28,31). The van der Waals surface area contributed by atoms with E-state index in [2.05, 4.69) is 15.5 Å². The summed E-state index contributed by atoms with van der Waals surface area (Å²) in [6.45, 7) is 4.65. The van der Waals surface area contributed by atoms with Crippen LogP contribution in [-0.4, -0.2) is 35.1 Å². The fourth-order valence-corrected chi connectivity index (χ4v) is 3.91. The molecule has 4 rings (SSSR count). The molecule has 1 aliphatic rings. The number of halogens is 2. The highest BCUT2D eigenvalue weighted by Gasteiger charge is 2.41. The van der Waals surface area contributed by atoms with Crippen LogP contribution in [0.2, 0.25) is 0 Å². The summed E-state index contributed by atoms with van der Waals surface area (Å²) >= 11 is 0. The number of rotatable bonds is 5. The third-order valence-electron chi connectivity index (χ3n) is 5.87. The van der Waals surface area contributed by atoms with Gasteiger partial charge in [-0.05, 0) is 38.1 Å². The van der Waals surface area contributed by atoms with Crippen molar-refractivity contribution >= 4 is 17.4 Å². The molecule has 0 radical (unpaired) electrons. The van der Waals surface area contributed by atoms with E-state index in [4.69, 9.17) is 0 Å². The summed E-state index contributed by atoms with van der Waals surface area (Å²) in [5.41, 5.74) is 2.94. The molecule has 2 N–H and O–H groups in total. The van der Waals surface area contributed by atoms with E-state index in [1.807, 2.05) is 55.9 Å². The van der Waals surface area contributed by atoms with Gasteiger partial charge in [0.1, 0.15) is 0 Å². The van der Waals surface area contributed by atoms with Crippen LogP contribution in [0.25, 0.3) is 0 Å². The van der Waals surface area contributed by atoms with Crippen molar-refractivity contribution < 1.29 is 13.6 Å². The predicted molar refractivity (Wildman–Crippen MR) is 116 cm³/mol. The molecule has 1 amide bonds. The van der Waals surface area contributed by atoms with Crippen LogP contribution in [0, 0.1) is 11.6 Å². The molecule has 31 heavy (non-hydrogen) atoms. The van der Waals surface area contributed by atoms with E-state index in [9.17, 15) is 13.6 Å². The molecule has 162 valence electrons. The maximum absolute atomic E-state index is 14.2. The number of carbonyl (C=O) groups is 1. The summed E-state index contributed by atoms with van der Waals surface area (Å²) in [7, 11) is 3.82. The van der Waals surface area contributed by atoms with Crippen molar-refractivity contribution in [2.75, 3.05) is 24.3 Å². The number of hydrogen-bond acceptors (Lipinski definition) is 4. The van der Waals surface area contributed by atoms with Crippen LogP contribution < -0.4 is 10.2 Å². The minimum Gasteiger partial charge on any atom is -0.378 e. The Morgan fingerprint density at radius 2 is 1.97 bits per heavy atom. The maximum Gasteiger partial charge on any atom is 0.256 e. The van der Waals surface area contributed by atoms with Gasteiger partial charge in [-0.15, -0.1) is 0 Å². The van der Waals surface area contributed by atoms with E-state index in [-0.39, 0.29) is 18.0 Å². The van der Waals surface area contributed by atoms with E-state index in [1.165, 1.54) is 6.07 Å². The molecule has 0 atom stereocenters. The minimum atomic E-state index is -0.859. The number of H-pyrrole nitrogens is 1. The molecular weight excluding hydrogens is 400 g/mol. The first-order chi connectivity index (χ1) is 14.7. The molecule has 0 saturated heterocycles. The van der Waals surface area contributed by atoms with Crippen molar-refractivity contribution in [1.82, 2.24) is 15.1 Å². The summed E-state index contributed by atoms with van der Waals surface area (Å²) in [5.74, 6) is -1.50. The third-order valence-corrected chi connectivity index (χ3v) is 5.87. The Hall–Kier alpha value is -3.26. The van der Waals surface area contributed by atoms with Crippen LogP contribution in [-0.2, 0) is 18.6 Å². The number of carbonyl (C=O) groups excluding carboxylic acids is 1. The second-order valence-corrected chi connectivity index (χ2v) is 8.45. The number of benzene rings is 2. The van der Waals surface area contributed by atoms with Gasteiger partial charge in [0.2, 0.25) is 0 Å². The smallest absolute Gasteiger partial charge is 0.256 e. The molecule has 2 aromatic carbocycles. The SMILES string of the molecule is CN(C)c1cccc(C(=O)Nc2n[nH]c3c2CN(Cc2cccc(F)c2F)C3(C)C)c1. The van der Waals surface area contributed by atoms with Gasteiger partial charge in [0, 0.05) is 49.6 Å². The molecule has 0 unspecified atom stereocenters. The van der Waals surface area contributed by atoms with Gasteiger partial charge in [-0.1, -0.05) is 18.2 Å². The van der Waals surface area contributed by atoms with Crippen molar-refractivity contribution in [3.8, 4) is 0 Å². The van der Waals surface area contributed by atoms with Crippen LogP contribution in [0.5, 0.6) is 0 Å². The van der Waals surface area contributed by atoms with E-state index in [0.717, 1.165) is 23.0 Å². The molecule has 0 bridgehead atoms. The summed E-state index contributed by atoms with van der Waals surface area (Å²) < 4.78 is 27.8. The highest BCUT2D eigenvalue weighted by Crippen LogP contribution is 2.41. The summed E-state index contributed by atoms with van der Waals surface area (Å²) in [6.07, 6.45) is 0. The molecule has 0 spiro atoms. The normalized spacial score (nSPS) is 15.0.